The van der Waals surface area contributed by atoms with Crippen LogP contribution in [0.3, 0.4) is 0 Å². The molecule has 100 valence electrons. The van der Waals surface area contributed by atoms with Gasteiger partial charge in [-0.1, -0.05) is 13.8 Å². The molecule has 0 spiro atoms. The van der Waals surface area contributed by atoms with Gasteiger partial charge in [-0.25, -0.2) is 13.6 Å². The first-order valence-corrected chi connectivity index (χ1v) is 7.37. The fraction of sp³-hybridized carbons (Fsp3) is 0.900. The molecular formula is C10H20N2O4S. The molecule has 0 bridgehead atoms. The maximum atomic E-state index is 11.8. The molecule has 17 heavy (non-hydrogen) atoms. The van der Waals surface area contributed by atoms with Crippen molar-refractivity contribution >= 4 is 15.9 Å². The quantitative estimate of drug-likeness (QED) is 0.674. The van der Waals surface area contributed by atoms with Gasteiger partial charge in [0, 0.05) is 18.9 Å². The molecule has 0 saturated carbocycles. The zero-order valence-electron chi connectivity index (χ0n) is 10.2. The molecule has 2 atom stereocenters. The molecule has 0 aromatic carbocycles. The summed E-state index contributed by atoms with van der Waals surface area (Å²) in [7, 11) is -3.55. The highest BCUT2D eigenvalue weighted by Crippen LogP contribution is 2.23. The minimum absolute atomic E-state index is 0.105. The molecule has 1 amide bonds. The van der Waals surface area contributed by atoms with Gasteiger partial charge in [-0.2, -0.15) is 0 Å². The van der Waals surface area contributed by atoms with Crippen LogP contribution in [-0.2, 0) is 14.8 Å². The monoisotopic (exact) mass is 264 g/mol. The molecule has 7 heteroatoms. The number of carbonyl (C=O) groups excluding carboxylic acids is 1. The second-order valence-corrected chi connectivity index (χ2v) is 6.60. The number of aliphatic hydroxyl groups excluding tert-OH is 1. The van der Waals surface area contributed by atoms with Crippen molar-refractivity contribution in [3.63, 3.8) is 0 Å². The second-order valence-electron chi connectivity index (χ2n) is 4.94. The first kappa shape index (κ1) is 14.4. The fourth-order valence-electron chi connectivity index (χ4n) is 2.24. The van der Waals surface area contributed by atoms with Crippen LogP contribution in [0.25, 0.3) is 0 Å². The molecule has 1 heterocycles. The van der Waals surface area contributed by atoms with Crippen molar-refractivity contribution in [3.05, 3.63) is 0 Å². The summed E-state index contributed by atoms with van der Waals surface area (Å²) in [5, 5.41) is 14.2. The van der Waals surface area contributed by atoms with Gasteiger partial charge >= 0.3 is 0 Å². The van der Waals surface area contributed by atoms with Gasteiger partial charge < -0.3 is 10.0 Å². The summed E-state index contributed by atoms with van der Waals surface area (Å²) in [6.45, 7) is 4.09. The van der Waals surface area contributed by atoms with E-state index in [0.717, 1.165) is 0 Å². The zero-order valence-corrected chi connectivity index (χ0v) is 11.0. The van der Waals surface area contributed by atoms with Crippen molar-refractivity contribution in [1.82, 2.24) is 4.90 Å². The first-order valence-electron chi connectivity index (χ1n) is 5.65. The number of nitrogens with zero attached hydrogens (tertiary/aromatic N) is 1. The highest BCUT2D eigenvalue weighted by atomic mass is 32.2. The van der Waals surface area contributed by atoms with Crippen LogP contribution < -0.4 is 5.14 Å². The lowest BCUT2D eigenvalue weighted by atomic mass is 10.0. The minimum atomic E-state index is -3.55. The number of sulfonamides is 1. The van der Waals surface area contributed by atoms with Crippen LogP contribution in [0.5, 0.6) is 0 Å². The summed E-state index contributed by atoms with van der Waals surface area (Å²) >= 11 is 0. The van der Waals surface area contributed by atoms with Crippen LogP contribution in [0.15, 0.2) is 0 Å². The Morgan fingerprint density at radius 3 is 2.53 bits per heavy atom. The molecule has 1 aliphatic rings. The zero-order chi connectivity index (χ0) is 13.2. The Kier molecular flexibility index (Phi) is 4.51. The van der Waals surface area contributed by atoms with Crippen LogP contribution >= 0.6 is 0 Å². The van der Waals surface area contributed by atoms with E-state index in [1.807, 2.05) is 13.8 Å². The van der Waals surface area contributed by atoms with E-state index < -0.39 is 10.0 Å². The number of hydrogen-bond donors (Lipinski definition) is 2. The van der Waals surface area contributed by atoms with E-state index in [1.165, 1.54) is 0 Å². The topological polar surface area (TPSA) is 101 Å². The van der Waals surface area contributed by atoms with Crippen molar-refractivity contribution in [1.29, 1.82) is 0 Å². The fourth-order valence-corrected chi connectivity index (χ4v) is 3.12. The van der Waals surface area contributed by atoms with Crippen LogP contribution in [0.2, 0.25) is 0 Å². The largest absolute Gasteiger partial charge is 0.394 e. The molecule has 0 radical (unpaired) electrons. The Labute approximate surface area is 102 Å². The van der Waals surface area contributed by atoms with E-state index in [4.69, 9.17) is 5.14 Å². The minimum Gasteiger partial charge on any atom is -0.394 e. The number of carbonyl (C=O) groups is 1. The first-order chi connectivity index (χ1) is 7.74. The Morgan fingerprint density at radius 2 is 2.12 bits per heavy atom. The predicted octanol–water partition coefficient (Wildman–Crippen LogP) is -0.860. The normalized spacial score (nSPS) is 23.5. The molecule has 0 aromatic rings. The number of amides is 1. The van der Waals surface area contributed by atoms with Gasteiger partial charge in [0.2, 0.25) is 15.9 Å². The third-order valence-corrected chi connectivity index (χ3v) is 4.00. The molecular weight excluding hydrogens is 244 g/mol. The van der Waals surface area contributed by atoms with Gasteiger partial charge in [0.05, 0.1) is 18.4 Å². The summed E-state index contributed by atoms with van der Waals surface area (Å²) in [5.74, 6) is -0.403. The molecule has 1 fully saturated rings. The van der Waals surface area contributed by atoms with Crippen LogP contribution in [0, 0.1) is 11.8 Å². The number of nitrogens with two attached hydrogens (primary N) is 1. The SMILES string of the molecule is CC(C)[C@@H](CO)N1CC(CS(N)(=O)=O)CC1=O. The molecule has 1 unspecified atom stereocenters. The maximum absolute atomic E-state index is 11.8. The number of likely N-dealkylation sites (tertiary alicyclic amines) is 1. The standard InChI is InChI=1S/C10H20N2O4S/c1-7(2)9(5-13)12-4-8(3-10(12)14)6-17(11,15)16/h7-9,13H,3-6H2,1-2H3,(H2,11,15,16)/t8?,9-/m1/s1. The Morgan fingerprint density at radius 1 is 1.53 bits per heavy atom. The van der Waals surface area contributed by atoms with Gasteiger partial charge in [-0.05, 0) is 5.92 Å². The van der Waals surface area contributed by atoms with E-state index in [1.54, 1.807) is 4.90 Å². The van der Waals surface area contributed by atoms with E-state index in [9.17, 15) is 18.3 Å². The number of hydrogen-bond acceptors (Lipinski definition) is 4. The number of rotatable bonds is 5. The molecule has 1 saturated heterocycles. The Bertz CT molecular complexity index is 380. The molecule has 3 N–H and O–H groups in total. The van der Waals surface area contributed by atoms with Crippen molar-refractivity contribution in [3.8, 4) is 0 Å². The lowest BCUT2D eigenvalue weighted by molar-refractivity contribution is -0.131. The van der Waals surface area contributed by atoms with Crippen molar-refractivity contribution in [2.45, 2.75) is 26.3 Å². The molecule has 1 rings (SSSR count). The van der Waals surface area contributed by atoms with Crippen LogP contribution in [-0.4, -0.2) is 49.3 Å². The average molecular weight is 264 g/mol. The van der Waals surface area contributed by atoms with E-state index in [-0.39, 0.29) is 42.6 Å². The third-order valence-electron chi connectivity index (χ3n) is 3.06. The van der Waals surface area contributed by atoms with Crippen LogP contribution in [0.4, 0.5) is 0 Å². The van der Waals surface area contributed by atoms with E-state index in [0.29, 0.717) is 6.54 Å². The highest BCUT2D eigenvalue weighted by Gasteiger charge is 2.36. The number of primary sulfonamides is 1. The summed E-state index contributed by atoms with van der Waals surface area (Å²) in [4.78, 5) is 13.3. The summed E-state index contributed by atoms with van der Waals surface area (Å²) in [6, 6.07) is -0.243. The highest BCUT2D eigenvalue weighted by molar-refractivity contribution is 7.89. The molecule has 1 aliphatic heterocycles. The van der Waals surface area contributed by atoms with Gasteiger partial charge in [-0.15, -0.1) is 0 Å². The predicted molar refractivity (Wildman–Crippen MR) is 63.5 cm³/mol. The summed E-state index contributed by atoms with van der Waals surface area (Å²) in [5.41, 5.74) is 0. The van der Waals surface area contributed by atoms with Gasteiger partial charge in [0.1, 0.15) is 0 Å². The molecule has 6 nitrogen and oxygen atoms in total. The second kappa shape index (κ2) is 5.32. The molecule has 0 aromatic heterocycles. The summed E-state index contributed by atoms with van der Waals surface area (Å²) in [6.07, 6.45) is 0.194. The lowest BCUT2D eigenvalue weighted by Crippen LogP contribution is -2.42. The Hall–Kier alpha value is -0.660. The van der Waals surface area contributed by atoms with Crippen LogP contribution in [0.1, 0.15) is 20.3 Å². The summed E-state index contributed by atoms with van der Waals surface area (Å²) < 4.78 is 21.9. The smallest absolute Gasteiger partial charge is 0.223 e. The van der Waals surface area contributed by atoms with Gasteiger partial charge in [-0.3, -0.25) is 4.79 Å². The van der Waals surface area contributed by atoms with E-state index in [2.05, 4.69) is 0 Å². The maximum Gasteiger partial charge on any atom is 0.223 e. The average Bonchev–Trinajstić information content (AvgIpc) is 2.44. The van der Waals surface area contributed by atoms with Crippen molar-refractivity contribution in [2.75, 3.05) is 18.9 Å². The van der Waals surface area contributed by atoms with Crippen molar-refractivity contribution < 1.29 is 18.3 Å². The third kappa shape index (κ3) is 3.93. The van der Waals surface area contributed by atoms with Crippen molar-refractivity contribution in [2.24, 2.45) is 17.0 Å². The number of aliphatic hydroxyl groups is 1. The molecule has 0 aliphatic carbocycles. The van der Waals surface area contributed by atoms with E-state index >= 15 is 0 Å². The van der Waals surface area contributed by atoms with Gasteiger partial charge in [0.25, 0.3) is 0 Å². The van der Waals surface area contributed by atoms with Gasteiger partial charge in [0.15, 0.2) is 0 Å². The lowest BCUT2D eigenvalue weighted by Gasteiger charge is -2.29. The Balaban J connectivity index is 2.70.